The van der Waals surface area contributed by atoms with Crippen LogP contribution in [0, 0.1) is 13.8 Å². The second kappa shape index (κ2) is 9.70. The van der Waals surface area contributed by atoms with Gasteiger partial charge in [0.2, 0.25) is 0 Å². The van der Waals surface area contributed by atoms with Crippen molar-refractivity contribution in [2.24, 2.45) is 0 Å². The second-order valence-electron chi connectivity index (χ2n) is 12.2. The molecule has 8 rings (SSSR count). The molecule has 1 saturated carbocycles. The summed E-state index contributed by atoms with van der Waals surface area (Å²) in [6.07, 6.45) is 6.58. The van der Waals surface area contributed by atoms with E-state index in [1.807, 2.05) is 0 Å². The first kappa shape index (κ1) is 24.6. The van der Waals surface area contributed by atoms with E-state index in [-0.39, 0.29) is 6.71 Å². The molecular weight excluding hydrogens is 495 g/mol. The van der Waals surface area contributed by atoms with Crippen molar-refractivity contribution >= 4 is 57.2 Å². The van der Waals surface area contributed by atoms with E-state index in [4.69, 9.17) is 0 Å². The molecule has 0 N–H and O–H groups in total. The van der Waals surface area contributed by atoms with Crippen LogP contribution >= 0.6 is 0 Å². The minimum atomic E-state index is 0.191. The van der Waals surface area contributed by atoms with Gasteiger partial charge < -0.3 is 9.80 Å². The molecular formula is C38H35BN2. The average Bonchev–Trinajstić information content (AvgIpc) is 3.02. The number of hydrogen-bond donors (Lipinski definition) is 0. The number of anilines is 6. The van der Waals surface area contributed by atoms with Crippen molar-refractivity contribution in [1.82, 2.24) is 0 Å². The third-order valence-electron chi connectivity index (χ3n) is 9.57. The number of rotatable bonds is 3. The van der Waals surface area contributed by atoms with E-state index in [1.165, 1.54) is 99.3 Å². The van der Waals surface area contributed by atoms with Crippen LogP contribution in [0.2, 0.25) is 0 Å². The van der Waals surface area contributed by atoms with Crippen molar-refractivity contribution in [3.8, 4) is 0 Å². The monoisotopic (exact) mass is 530 g/mol. The quantitative estimate of drug-likeness (QED) is 0.212. The van der Waals surface area contributed by atoms with Crippen molar-refractivity contribution < 1.29 is 0 Å². The lowest BCUT2D eigenvalue weighted by Crippen LogP contribution is -2.61. The smallest absolute Gasteiger partial charge is 0.252 e. The van der Waals surface area contributed by atoms with Gasteiger partial charge in [-0.05, 0) is 103 Å². The molecule has 0 bridgehead atoms. The Balaban J connectivity index is 1.46. The molecule has 5 aromatic carbocycles. The third-order valence-corrected chi connectivity index (χ3v) is 9.57. The Bertz CT molecular complexity index is 1630. The highest BCUT2D eigenvalue weighted by Crippen LogP contribution is 2.46. The fourth-order valence-corrected chi connectivity index (χ4v) is 7.53. The van der Waals surface area contributed by atoms with Crippen LogP contribution in [-0.2, 0) is 0 Å². The Morgan fingerprint density at radius 3 is 1.49 bits per heavy atom. The standard InChI is InChI=1S/C38H35BN2/c1-26-16-20-30(21-17-26)40-34-14-8-6-12-32(34)39-33-13-7-9-15-35(33)41(31-22-18-27(2)19-23-31)37-25-29(24-36(40)38(37)39)28-10-4-3-5-11-28/h6-9,12-25,28H,3-5,10-11H2,1-2H3. The normalized spacial score (nSPS) is 15.8. The first-order valence-corrected chi connectivity index (χ1v) is 15.3. The highest BCUT2D eigenvalue weighted by atomic mass is 15.2. The Labute approximate surface area is 244 Å². The fourth-order valence-electron chi connectivity index (χ4n) is 7.53. The number of fused-ring (bicyclic) bond motifs is 4. The van der Waals surface area contributed by atoms with Crippen molar-refractivity contribution in [3.05, 3.63) is 126 Å². The zero-order valence-electron chi connectivity index (χ0n) is 24.0. The summed E-state index contributed by atoms with van der Waals surface area (Å²) in [5.74, 6) is 0.609. The average molecular weight is 531 g/mol. The van der Waals surface area contributed by atoms with Crippen LogP contribution in [0.5, 0.6) is 0 Å². The van der Waals surface area contributed by atoms with E-state index in [0.29, 0.717) is 5.92 Å². The van der Waals surface area contributed by atoms with E-state index in [0.717, 1.165) is 0 Å². The Morgan fingerprint density at radius 2 is 1.00 bits per heavy atom. The minimum absolute atomic E-state index is 0.191. The van der Waals surface area contributed by atoms with Crippen molar-refractivity contribution in [3.63, 3.8) is 0 Å². The zero-order chi connectivity index (χ0) is 27.5. The molecule has 0 unspecified atom stereocenters. The lowest BCUT2D eigenvalue weighted by Gasteiger charge is -2.44. The molecule has 2 aliphatic heterocycles. The highest BCUT2D eigenvalue weighted by molar-refractivity contribution is 7.00. The van der Waals surface area contributed by atoms with Gasteiger partial charge in [0, 0.05) is 34.1 Å². The maximum atomic E-state index is 2.55. The molecule has 2 nitrogen and oxygen atoms in total. The van der Waals surface area contributed by atoms with Crippen LogP contribution < -0.4 is 26.2 Å². The lowest BCUT2D eigenvalue weighted by molar-refractivity contribution is 0.444. The molecule has 3 aliphatic rings. The van der Waals surface area contributed by atoms with Crippen LogP contribution in [0.1, 0.15) is 54.7 Å². The maximum Gasteiger partial charge on any atom is 0.252 e. The van der Waals surface area contributed by atoms with E-state index in [9.17, 15) is 0 Å². The molecule has 1 aliphatic carbocycles. The van der Waals surface area contributed by atoms with Gasteiger partial charge in [-0.3, -0.25) is 0 Å². The predicted molar refractivity (Wildman–Crippen MR) is 176 cm³/mol. The summed E-state index contributed by atoms with van der Waals surface area (Å²) >= 11 is 0. The van der Waals surface area contributed by atoms with E-state index < -0.39 is 0 Å². The topological polar surface area (TPSA) is 6.48 Å². The largest absolute Gasteiger partial charge is 0.311 e. The van der Waals surface area contributed by atoms with Gasteiger partial charge in [0.1, 0.15) is 0 Å². The van der Waals surface area contributed by atoms with Gasteiger partial charge in [0.25, 0.3) is 6.71 Å². The molecule has 0 saturated heterocycles. The summed E-state index contributed by atoms with van der Waals surface area (Å²) < 4.78 is 0. The molecule has 1 fully saturated rings. The number of nitrogens with zero attached hydrogens (tertiary/aromatic N) is 2. The van der Waals surface area contributed by atoms with Gasteiger partial charge in [-0.15, -0.1) is 0 Å². The van der Waals surface area contributed by atoms with Gasteiger partial charge in [0.05, 0.1) is 0 Å². The molecule has 0 amide bonds. The Morgan fingerprint density at radius 1 is 0.537 bits per heavy atom. The maximum absolute atomic E-state index is 2.55. The number of benzene rings is 5. The van der Waals surface area contributed by atoms with Crippen molar-refractivity contribution in [2.45, 2.75) is 51.9 Å². The highest BCUT2D eigenvalue weighted by Gasteiger charge is 2.43. The number of aryl methyl sites for hydroxylation is 2. The molecule has 2 heterocycles. The van der Waals surface area contributed by atoms with E-state index in [2.05, 4.69) is 133 Å². The Kier molecular flexibility index (Phi) is 5.81. The van der Waals surface area contributed by atoms with Gasteiger partial charge in [-0.2, -0.15) is 0 Å². The third kappa shape index (κ3) is 3.94. The second-order valence-corrected chi connectivity index (χ2v) is 12.2. The minimum Gasteiger partial charge on any atom is -0.311 e. The summed E-state index contributed by atoms with van der Waals surface area (Å²) in [6.45, 7) is 4.54. The van der Waals surface area contributed by atoms with Crippen LogP contribution in [-0.4, -0.2) is 6.71 Å². The van der Waals surface area contributed by atoms with E-state index >= 15 is 0 Å². The number of para-hydroxylation sites is 2. The van der Waals surface area contributed by atoms with Gasteiger partial charge >= 0.3 is 0 Å². The molecule has 41 heavy (non-hydrogen) atoms. The molecule has 0 aromatic heterocycles. The summed E-state index contributed by atoms with van der Waals surface area (Å²) in [5, 5.41) is 0. The molecule has 0 radical (unpaired) electrons. The summed E-state index contributed by atoms with van der Waals surface area (Å²) in [7, 11) is 0. The zero-order valence-corrected chi connectivity index (χ0v) is 24.0. The molecule has 3 heteroatoms. The fraction of sp³-hybridized carbons (Fsp3) is 0.211. The summed E-state index contributed by atoms with van der Waals surface area (Å²) in [4.78, 5) is 5.08. The van der Waals surface area contributed by atoms with Crippen LogP contribution in [0.15, 0.2) is 109 Å². The predicted octanol–water partition coefficient (Wildman–Crippen LogP) is 8.43. The first-order chi connectivity index (χ1) is 20.2. The van der Waals surface area contributed by atoms with Crippen LogP contribution in [0.25, 0.3) is 0 Å². The van der Waals surface area contributed by atoms with Gasteiger partial charge in [-0.1, -0.05) is 91.1 Å². The first-order valence-electron chi connectivity index (χ1n) is 15.3. The van der Waals surface area contributed by atoms with Crippen molar-refractivity contribution in [2.75, 3.05) is 9.80 Å². The SMILES string of the molecule is Cc1ccc(N2c3ccccc3B3c4ccccc4N(c4ccc(C)cc4)c4cc(C5CCCCC5)cc2c43)cc1. The number of hydrogen-bond acceptors (Lipinski definition) is 2. The summed E-state index contributed by atoms with van der Waals surface area (Å²) in [6, 6.07) is 41.4. The molecule has 200 valence electrons. The molecule has 5 aromatic rings. The van der Waals surface area contributed by atoms with Gasteiger partial charge in [-0.25, -0.2) is 0 Å². The molecule has 0 atom stereocenters. The lowest BCUT2D eigenvalue weighted by atomic mass is 9.33. The molecule has 0 spiro atoms. The van der Waals surface area contributed by atoms with Gasteiger partial charge in [0.15, 0.2) is 0 Å². The van der Waals surface area contributed by atoms with E-state index in [1.54, 1.807) is 0 Å². The summed E-state index contributed by atoms with van der Waals surface area (Å²) in [5.41, 5.74) is 15.9. The Hall–Kier alpha value is -4.24. The van der Waals surface area contributed by atoms with Crippen LogP contribution in [0.3, 0.4) is 0 Å². The van der Waals surface area contributed by atoms with Crippen LogP contribution in [0.4, 0.5) is 34.1 Å². The van der Waals surface area contributed by atoms with Crippen molar-refractivity contribution in [1.29, 1.82) is 0 Å².